The number of carboxylic acid groups (broad SMARTS) is 1. The standard InChI is InChI=1S/C21H26N4O4/c1-2-16(12-19(27)28)23-18(26)13-25-11-9-15(21(25)29)6-8-17-7-5-14-4-3-10-22-20(14)24-17/h1,5,7,15-16H,3-4,6,8-13H2,(H,22,24)(H,23,26)(H,27,28)/t15?,16-/m1/s1. The molecule has 0 radical (unpaired) electrons. The second-order valence-electron chi connectivity index (χ2n) is 7.51. The van der Waals surface area contributed by atoms with E-state index in [-0.39, 0.29) is 24.8 Å². The van der Waals surface area contributed by atoms with E-state index in [0.29, 0.717) is 25.8 Å². The van der Waals surface area contributed by atoms with Crippen LogP contribution in [0.5, 0.6) is 0 Å². The number of aryl methyl sites for hydroxylation is 2. The van der Waals surface area contributed by atoms with Gasteiger partial charge >= 0.3 is 5.97 Å². The molecular weight excluding hydrogens is 372 g/mol. The van der Waals surface area contributed by atoms with E-state index < -0.39 is 17.9 Å². The molecule has 0 spiro atoms. The summed E-state index contributed by atoms with van der Waals surface area (Å²) in [5, 5.41) is 14.6. The number of nitrogens with zero attached hydrogens (tertiary/aromatic N) is 2. The number of terminal acetylenes is 1. The van der Waals surface area contributed by atoms with Crippen LogP contribution in [0.1, 0.15) is 36.9 Å². The highest BCUT2D eigenvalue weighted by molar-refractivity contribution is 5.87. The maximum absolute atomic E-state index is 12.6. The number of hydrogen-bond donors (Lipinski definition) is 3. The lowest BCUT2D eigenvalue weighted by molar-refractivity contribution is -0.138. The molecule has 2 aliphatic rings. The van der Waals surface area contributed by atoms with Crippen LogP contribution in [0.25, 0.3) is 0 Å². The number of nitrogens with one attached hydrogen (secondary N) is 2. The third-order valence-corrected chi connectivity index (χ3v) is 5.36. The number of carboxylic acids is 1. The van der Waals surface area contributed by atoms with Crippen LogP contribution in [-0.4, -0.2) is 58.5 Å². The Kier molecular flexibility index (Phi) is 6.70. The van der Waals surface area contributed by atoms with Crippen LogP contribution in [0.3, 0.4) is 0 Å². The molecule has 1 unspecified atom stereocenters. The van der Waals surface area contributed by atoms with E-state index in [2.05, 4.69) is 27.6 Å². The Bertz CT molecular complexity index is 832. The minimum absolute atomic E-state index is 0.0493. The first-order valence-corrected chi connectivity index (χ1v) is 9.95. The summed E-state index contributed by atoms with van der Waals surface area (Å²) in [5.74, 6) is 1.49. The molecule has 1 aromatic heterocycles. The maximum atomic E-state index is 12.6. The van der Waals surface area contributed by atoms with Crippen molar-refractivity contribution < 1.29 is 19.5 Å². The number of aliphatic carboxylic acids is 1. The van der Waals surface area contributed by atoms with Gasteiger partial charge < -0.3 is 20.6 Å². The van der Waals surface area contributed by atoms with Crippen molar-refractivity contribution in [2.24, 2.45) is 5.92 Å². The number of rotatable bonds is 8. The molecule has 1 aromatic rings. The minimum Gasteiger partial charge on any atom is -0.481 e. The van der Waals surface area contributed by atoms with E-state index in [1.165, 1.54) is 10.5 Å². The zero-order chi connectivity index (χ0) is 20.8. The van der Waals surface area contributed by atoms with Gasteiger partial charge in [-0.2, -0.15) is 0 Å². The Hall–Kier alpha value is -3.08. The van der Waals surface area contributed by atoms with E-state index in [4.69, 9.17) is 11.5 Å². The van der Waals surface area contributed by atoms with Crippen LogP contribution in [0.4, 0.5) is 5.82 Å². The molecule has 3 N–H and O–H groups in total. The van der Waals surface area contributed by atoms with Crippen LogP contribution in [0.2, 0.25) is 0 Å². The zero-order valence-corrected chi connectivity index (χ0v) is 16.3. The Balaban J connectivity index is 1.48. The van der Waals surface area contributed by atoms with Crippen molar-refractivity contribution in [2.75, 3.05) is 25.0 Å². The second kappa shape index (κ2) is 9.41. The van der Waals surface area contributed by atoms with Crippen molar-refractivity contribution >= 4 is 23.6 Å². The number of pyridine rings is 1. The molecule has 154 valence electrons. The van der Waals surface area contributed by atoms with E-state index >= 15 is 0 Å². The third-order valence-electron chi connectivity index (χ3n) is 5.36. The Morgan fingerprint density at radius 3 is 3.03 bits per heavy atom. The predicted octanol–water partition coefficient (Wildman–Crippen LogP) is 0.813. The fourth-order valence-corrected chi connectivity index (χ4v) is 3.80. The quantitative estimate of drug-likeness (QED) is 0.559. The number of hydrogen-bond acceptors (Lipinski definition) is 5. The van der Waals surface area contributed by atoms with E-state index in [0.717, 1.165) is 30.9 Å². The van der Waals surface area contributed by atoms with Crippen LogP contribution in [0, 0.1) is 18.3 Å². The summed E-state index contributed by atoms with van der Waals surface area (Å²) in [5.41, 5.74) is 2.20. The van der Waals surface area contributed by atoms with Crippen LogP contribution in [0.15, 0.2) is 12.1 Å². The lowest BCUT2D eigenvalue weighted by Gasteiger charge is -2.19. The molecule has 0 saturated carbocycles. The first kappa shape index (κ1) is 20.6. The number of likely N-dealkylation sites (tertiary alicyclic amines) is 1. The van der Waals surface area contributed by atoms with Gasteiger partial charge in [-0.3, -0.25) is 14.4 Å². The first-order chi connectivity index (χ1) is 14.0. The molecule has 2 amide bonds. The Morgan fingerprint density at radius 2 is 2.28 bits per heavy atom. The summed E-state index contributed by atoms with van der Waals surface area (Å²) in [6, 6.07) is 3.26. The number of fused-ring (bicyclic) bond motifs is 1. The summed E-state index contributed by atoms with van der Waals surface area (Å²) in [7, 11) is 0. The van der Waals surface area contributed by atoms with E-state index in [9.17, 15) is 14.4 Å². The average Bonchev–Trinajstić information content (AvgIpc) is 3.04. The number of carbonyl (C=O) groups excluding carboxylic acids is 2. The van der Waals surface area contributed by atoms with Gasteiger partial charge in [-0.1, -0.05) is 12.0 Å². The van der Waals surface area contributed by atoms with Crippen molar-refractivity contribution in [3.63, 3.8) is 0 Å². The highest BCUT2D eigenvalue weighted by atomic mass is 16.4. The fourth-order valence-electron chi connectivity index (χ4n) is 3.80. The van der Waals surface area contributed by atoms with Gasteiger partial charge in [0.05, 0.1) is 13.0 Å². The van der Waals surface area contributed by atoms with Gasteiger partial charge in [0.1, 0.15) is 11.9 Å². The highest BCUT2D eigenvalue weighted by Gasteiger charge is 2.32. The van der Waals surface area contributed by atoms with Gasteiger partial charge in [0.15, 0.2) is 0 Å². The summed E-state index contributed by atoms with van der Waals surface area (Å²) in [6.45, 7) is 1.35. The lowest BCUT2D eigenvalue weighted by atomic mass is 9.99. The number of carbonyl (C=O) groups is 3. The first-order valence-electron chi connectivity index (χ1n) is 9.95. The maximum Gasteiger partial charge on any atom is 0.306 e. The molecule has 0 aromatic carbocycles. The zero-order valence-electron chi connectivity index (χ0n) is 16.3. The number of aromatic nitrogens is 1. The Morgan fingerprint density at radius 1 is 1.45 bits per heavy atom. The van der Waals surface area contributed by atoms with Gasteiger partial charge in [0.25, 0.3) is 0 Å². The summed E-state index contributed by atoms with van der Waals surface area (Å²) >= 11 is 0. The predicted molar refractivity (Wildman–Crippen MR) is 107 cm³/mol. The molecule has 2 aliphatic heterocycles. The topological polar surface area (TPSA) is 112 Å². The van der Waals surface area contributed by atoms with E-state index in [1.807, 2.05) is 6.07 Å². The second-order valence-corrected chi connectivity index (χ2v) is 7.51. The molecule has 1 fully saturated rings. The number of anilines is 1. The van der Waals surface area contributed by atoms with Crippen molar-refractivity contribution in [2.45, 2.75) is 44.6 Å². The van der Waals surface area contributed by atoms with Crippen molar-refractivity contribution in [3.8, 4) is 12.3 Å². The molecule has 29 heavy (non-hydrogen) atoms. The number of amides is 2. The molecule has 2 atom stereocenters. The third kappa shape index (κ3) is 5.47. The van der Waals surface area contributed by atoms with E-state index in [1.54, 1.807) is 0 Å². The van der Waals surface area contributed by atoms with Crippen molar-refractivity contribution in [1.82, 2.24) is 15.2 Å². The summed E-state index contributed by atoms with van der Waals surface area (Å²) in [4.78, 5) is 41.6. The fraction of sp³-hybridized carbons (Fsp3) is 0.524. The smallest absolute Gasteiger partial charge is 0.306 e. The van der Waals surface area contributed by atoms with Crippen LogP contribution >= 0.6 is 0 Å². The Labute approximate surface area is 170 Å². The molecule has 0 bridgehead atoms. The highest BCUT2D eigenvalue weighted by Crippen LogP contribution is 2.24. The van der Waals surface area contributed by atoms with Gasteiger partial charge in [-0.25, -0.2) is 4.98 Å². The van der Waals surface area contributed by atoms with Gasteiger partial charge in [-0.05, 0) is 43.7 Å². The van der Waals surface area contributed by atoms with Crippen molar-refractivity contribution in [1.29, 1.82) is 0 Å². The average molecular weight is 398 g/mol. The monoisotopic (exact) mass is 398 g/mol. The molecule has 1 saturated heterocycles. The van der Waals surface area contributed by atoms with Crippen LogP contribution in [-0.2, 0) is 27.2 Å². The molecule has 3 rings (SSSR count). The van der Waals surface area contributed by atoms with Crippen molar-refractivity contribution in [3.05, 3.63) is 23.4 Å². The van der Waals surface area contributed by atoms with Gasteiger partial charge in [0, 0.05) is 24.7 Å². The van der Waals surface area contributed by atoms with Crippen LogP contribution < -0.4 is 10.6 Å². The largest absolute Gasteiger partial charge is 0.481 e. The van der Waals surface area contributed by atoms with Gasteiger partial charge in [0.2, 0.25) is 11.8 Å². The summed E-state index contributed by atoms with van der Waals surface area (Å²) in [6.07, 6.45) is 9.16. The molecule has 8 heteroatoms. The molecule has 0 aliphatic carbocycles. The minimum atomic E-state index is -1.09. The molecular formula is C21H26N4O4. The lowest BCUT2D eigenvalue weighted by Crippen LogP contribution is -2.43. The normalized spacial score (nSPS) is 19.1. The van der Waals surface area contributed by atoms with Gasteiger partial charge in [-0.15, -0.1) is 6.42 Å². The molecule has 8 nitrogen and oxygen atoms in total. The molecule has 3 heterocycles. The summed E-state index contributed by atoms with van der Waals surface area (Å²) < 4.78 is 0. The SMILES string of the molecule is C#C[C@H](CC(=O)O)NC(=O)CN1CCC(CCc2ccc3c(n2)NCCC3)C1=O.